The quantitative estimate of drug-likeness (QED) is 0.0989. The van der Waals surface area contributed by atoms with Crippen molar-refractivity contribution in [3.05, 3.63) is 126 Å². The standard InChI is InChI=1S/C24H28F2O4S2.C23H28O5S/c1-13-3-4-15(22-20(28)19(27)21(29)23(30-22)31-2)11-16(13)12-17-5-6-18(32-17)14-7-9-24(25,26)10-8-14;1-13-3-4-16(23-22(26)21(25)20(24)14(2)28-23)11-17(13)12-18-5-6-19(29-18)15-7-9-27-10-8-15/h3-7,11,19-23,27-29H,8-10,12H2,1-2H3;3-7,11,14,20-26H,8-10,12H2,1-2H3/t19-,20-,21+,22+,23-;14-,20-,21+,22-,23+/m11/s1. The highest BCUT2D eigenvalue weighted by Crippen LogP contribution is 2.40. The molecule has 2 aromatic heterocycles. The smallest absolute Gasteiger partial charge is 0.251 e. The Morgan fingerprint density at radius 1 is 0.672 bits per heavy atom. The van der Waals surface area contributed by atoms with Crippen molar-refractivity contribution in [2.45, 2.75) is 126 Å². The van der Waals surface area contributed by atoms with E-state index >= 15 is 0 Å². The molecule has 6 N–H and O–H groups in total. The third kappa shape index (κ3) is 10.8. The molecule has 8 rings (SSSR count). The van der Waals surface area contributed by atoms with Gasteiger partial charge in [0.2, 0.25) is 0 Å². The van der Waals surface area contributed by atoms with Gasteiger partial charge in [0, 0.05) is 45.2 Å². The van der Waals surface area contributed by atoms with Crippen LogP contribution in [0.25, 0.3) is 11.1 Å². The van der Waals surface area contributed by atoms with Crippen LogP contribution in [0.5, 0.6) is 0 Å². The molecule has 10 atom stereocenters. The predicted molar refractivity (Wildman–Crippen MR) is 237 cm³/mol. The van der Waals surface area contributed by atoms with Crippen molar-refractivity contribution in [3.8, 4) is 0 Å². The minimum absolute atomic E-state index is 0.103. The summed E-state index contributed by atoms with van der Waals surface area (Å²) in [7, 11) is 0. The maximum atomic E-state index is 13.4. The largest absolute Gasteiger partial charge is 0.388 e. The molecule has 4 aromatic rings. The van der Waals surface area contributed by atoms with Gasteiger partial charge in [-0.15, -0.1) is 34.4 Å². The van der Waals surface area contributed by atoms with Crippen LogP contribution in [-0.2, 0) is 27.1 Å². The summed E-state index contributed by atoms with van der Waals surface area (Å²) in [5.41, 5.74) is 7.79. The zero-order valence-corrected chi connectivity index (χ0v) is 37.2. The lowest BCUT2D eigenvalue weighted by molar-refractivity contribution is -0.219. The number of aliphatic hydroxyl groups excluding tert-OH is 6. The molecule has 5 heterocycles. The van der Waals surface area contributed by atoms with Gasteiger partial charge in [0.25, 0.3) is 5.92 Å². The van der Waals surface area contributed by atoms with Gasteiger partial charge in [-0.1, -0.05) is 48.6 Å². The van der Waals surface area contributed by atoms with Gasteiger partial charge in [-0.3, -0.25) is 0 Å². The summed E-state index contributed by atoms with van der Waals surface area (Å²) in [6.07, 6.45) is -0.945. The van der Waals surface area contributed by atoms with Crippen LogP contribution in [0.3, 0.4) is 0 Å². The maximum Gasteiger partial charge on any atom is 0.251 e. The van der Waals surface area contributed by atoms with Gasteiger partial charge in [-0.25, -0.2) is 8.78 Å². The topological polar surface area (TPSA) is 149 Å². The first-order valence-corrected chi connectivity index (χ1v) is 23.7. The number of hydrogen-bond donors (Lipinski definition) is 6. The molecule has 61 heavy (non-hydrogen) atoms. The Balaban J connectivity index is 0.000000185. The summed E-state index contributed by atoms with van der Waals surface area (Å²) in [6.45, 7) is 7.27. The summed E-state index contributed by atoms with van der Waals surface area (Å²) in [6, 6.07) is 20.2. The average Bonchev–Trinajstić information content (AvgIpc) is 3.93. The van der Waals surface area contributed by atoms with E-state index in [0.29, 0.717) is 19.4 Å². The highest BCUT2D eigenvalue weighted by molar-refractivity contribution is 7.99. The number of alkyl halides is 2. The van der Waals surface area contributed by atoms with E-state index in [9.17, 15) is 39.4 Å². The number of thioether (sulfide) groups is 1. The van der Waals surface area contributed by atoms with Crippen LogP contribution in [0.4, 0.5) is 8.78 Å². The average molecular weight is 899 g/mol. The van der Waals surface area contributed by atoms with E-state index in [0.717, 1.165) is 57.0 Å². The second-order valence-electron chi connectivity index (χ2n) is 16.5. The predicted octanol–water partition coefficient (Wildman–Crippen LogP) is 7.69. The molecule has 330 valence electrons. The lowest BCUT2D eigenvalue weighted by atomic mass is 9.90. The molecular weight excluding hydrogens is 843 g/mol. The van der Waals surface area contributed by atoms with Gasteiger partial charge in [-0.05, 0) is 109 Å². The fourth-order valence-corrected chi connectivity index (χ4v) is 11.1. The number of ether oxygens (including phenoxy) is 3. The SMILES string of the molecule is CS[C@H]1O[C@@H](c2ccc(C)c(Cc3ccc(C4=CCC(F)(F)CC4)s3)c2)[C@H](O)[C@@H](O)[C@@H]1O.Cc1ccc([C@@H]2O[C@H](C)[C@@H](O)[C@H](O)[C@H]2O)cc1Cc1ccc(C2=CCOCC2)s1. The number of halogens is 2. The zero-order valence-electron chi connectivity index (χ0n) is 34.7. The lowest BCUT2D eigenvalue weighted by Gasteiger charge is -2.40. The third-order valence-electron chi connectivity index (χ3n) is 12.1. The molecular formula is C47H56F2O9S3. The van der Waals surface area contributed by atoms with Crippen molar-refractivity contribution in [1.82, 2.24) is 0 Å². The van der Waals surface area contributed by atoms with Crippen molar-refractivity contribution >= 4 is 45.6 Å². The number of hydrogen-bond acceptors (Lipinski definition) is 12. The van der Waals surface area contributed by atoms with Gasteiger partial charge in [0.1, 0.15) is 54.3 Å². The number of benzene rings is 2. The first kappa shape index (κ1) is 46.2. The van der Waals surface area contributed by atoms with Crippen molar-refractivity contribution in [2.75, 3.05) is 19.5 Å². The molecule has 0 saturated carbocycles. The Morgan fingerprint density at radius 2 is 1.21 bits per heavy atom. The Labute approximate surface area is 368 Å². The fraction of sp³-hybridized carbons (Fsp3) is 0.489. The van der Waals surface area contributed by atoms with Crippen LogP contribution in [0.2, 0.25) is 0 Å². The van der Waals surface area contributed by atoms with Crippen LogP contribution in [0.15, 0.2) is 72.8 Å². The Kier molecular flexibility index (Phi) is 15.1. The number of thiophene rings is 2. The summed E-state index contributed by atoms with van der Waals surface area (Å²) in [4.78, 5) is 4.74. The number of aliphatic hydroxyl groups is 6. The van der Waals surface area contributed by atoms with Gasteiger partial charge in [0.05, 0.1) is 19.3 Å². The number of rotatable bonds is 9. The maximum absolute atomic E-state index is 13.4. The van der Waals surface area contributed by atoms with Gasteiger partial charge in [0.15, 0.2) is 0 Å². The van der Waals surface area contributed by atoms with E-state index < -0.39 is 66.3 Å². The monoisotopic (exact) mass is 898 g/mol. The van der Waals surface area contributed by atoms with Crippen LogP contribution in [0.1, 0.15) is 97.7 Å². The first-order valence-electron chi connectivity index (χ1n) is 20.7. The molecule has 4 aliphatic rings. The second-order valence-corrected chi connectivity index (χ2v) is 19.7. The van der Waals surface area contributed by atoms with Crippen molar-refractivity contribution in [1.29, 1.82) is 0 Å². The summed E-state index contributed by atoms with van der Waals surface area (Å²) >= 11 is 4.72. The van der Waals surface area contributed by atoms with Crippen LogP contribution >= 0.6 is 34.4 Å². The van der Waals surface area contributed by atoms with E-state index in [1.54, 1.807) is 30.6 Å². The second kappa shape index (κ2) is 19.9. The molecule has 2 saturated heterocycles. The molecule has 0 amide bonds. The Hall–Kier alpha value is -2.83. The molecule has 14 heteroatoms. The molecule has 0 unspecified atom stereocenters. The molecule has 9 nitrogen and oxygen atoms in total. The van der Waals surface area contributed by atoms with Crippen LogP contribution in [-0.4, -0.2) is 104 Å². The van der Waals surface area contributed by atoms with E-state index in [4.69, 9.17) is 14.2 Å². The normalized spacial score (nSPS) is 30.2. The fourth-order valence-electron chi connectivity index (χ4n) is 8.20. The van der Waals surface area contributed by atoms with Gasteiger partial charge in [-0.2, -0.15) is 0 Å². The molecule has 3 aliphatic heterocycles. The highest BCUT2D eigenvalue weighted by atomic mass is 32.2. The molecule has 2 fully saturated rings. The molecule has 1 aliphatic carbocycles. The Morgan fingerprint density at radius 3 is 1.72 bits per heavy atom. The van der Waals surface area contributed by atoms with E-state index in [1.807, 2.05) is 66.8 Å². The molecule has 0 spiro atoms. The van der Waals surface area contributed by atoms with E-state index in [1.165, 1.54) is 38.2 Å². The number of aryl methyl sites for hydroxylation is 2. The highest BCUT2D eigenvalue weighted by Gasteiger charge is 2.44. The van der Waals surface area contributed by atoms with Crippen LogP contribution in [0, 0.1) is 13.8 Å². The molecule has 0 radical (unpaired) electrons. The molecule has 2 aromatic carbocycles. The number of allylic oxidation sites excluding steroid dienone is 2. The summed E-state index contributed by atoms with van der Waals surface area (Å²) in [5, 5.41) is 61.4. The van der Waals surface area contributed by atoms with Crippen molar-refractivity contribution < 1.29 is 53.6 Å². The van der Waals surface area contributed by atoms with Gasteiger partial charge < -0.3 is 44.8 Å². The molecule has 0 bridgehead atoms. The summed E-state index contributed by atoms with van der Waals surface area (Å²) < 4.78 is 44.0. The van der Waals surface area contributed by atoms with E-state index in [2.05, 4.69) is 25.1 Å². The third-order valence-corrected chi connectivity index (χ3v) is 15.3. The summed E-state index contributed by atoms with van der Waals surface area (Å²) in [5.74, 6) is -2.59. The van der Waals surface area contributed by atoms with Gasteiger partial charge >= 0.3 is 0 Å². The zero-order chi connectivity index (χ0) is 43.6. The Bertz CT molecular complexity index is 2180. The van der Waals surface area contributed by atoms with Crippen molar-refractivity contribution in [2.24, 2.45) is 0 Å². The lowest BCUT2D eigenvalue weighted by Crippen LogP contribution is -2.53. The minimum Gasteiger partial charge on any atom is -0.388 e. The first-order chi connectivity index (χ1) is 29.1. The van der Waals surface area contributed by atoms with Crippen LogP contribution < -0.4 is 0 Å². The minimum atomic E-state index is -2.59. The van der Waals surface area contributed by atoms with Crippen molar-refractivity contribution in [3.63, 3.8) is 0 Å². The van der Waals surface area contributed by atoms with E-state index in [-0.39, 0.29) is 12.8 Å².